The summed E-state index contributed by atoms with van der Waals surface area (Å²) in [6.07, 6.45) is 1.60. The molecule has 0 bridgehead atoms. The number of fused-ring (bicyclic) bond motifs is 1. The molecule has 1 N–H and O–H groups in total. The molecule has 0 radical (unpaired) electrons. The number of aromatic nitrogens is 2. The Hall–Kier alpha value is -2.14. The van der Waals surface area contributed by atoms with Crippen LogP contribution in [0.1, 0.15) is 5.56 Å². The number of hydrogen-bond donors (Lipinski definition) is 1. The van der Waals surface area contributed by atoms with Crippen molar-refractivity contribution in [1.82, 2.24) is 9.55 Å². The Bertz CT molecular complexity index is 697. The molecule has 5 nitrogen and oxygen atoms in total. The lowest BCUT2D eigenvalue weighted by Gasteiger charge is -2.09. The minimum Gasteiger partial charge on any atom is -0.357 e. The van der Waals surface area contributed by atoms with Crippen LogP contribution in [-0.2, 0) is 11.5 Å². The Morgan fingerprint density at radius 3 is 2.94 bits per heavy atom. The maximum atomic E-state index is 11.7. The fourth-order valence-corrected chi connectivity index (χ4v) is 1.76. The Kier molecular flexibility index (Phi) is 3.43. The molecule has 0 atom stereocenters. The smallest absolute Gasteiger partial charge is 0.330 e. The van der Waals surface area contributed by atoms with Gasteiger partial charge >= 0.3 is 5.69 Å². The second-order valence-corrected chi connectivity index (χ2v) is 4.00. The van der Waals surface area contributed by atoms with Gasteiger partial charge in [-0.1, -0.05) is 17.7 Å². The van der Waals surface area contributed by atoms with E-state index in [4.69, 9.17) is 4.74 Å². The SMILES string of the molecule is C=CCOCn1c(=O)[nH]c(=O)c2cc(C)ccc21. The van der Waals surface area contributed by atoms with Gasteiger partial charge in [-0.2, -0.15) is 0 Å². The van der Waals surface area contributed by atoms with Crippen LogP contribution in [0, 0.1) is 6.92 Å². The molecule has 5 heteroatoms. The van der Waals surface area contributed by atoms with E-state index in [1.165, 1.54) is 4.57 Å². The molecule has 0 aliphatic rings. The maximum absolute atomic E-state index is 11.7. The summed E-state index contributed by atoms with van der Waals surface area (Å²) < 4.78 is 6.64. The number of nitrogens with one attached hydrogen (secondary N) is 1. The third-order valence-corrected chi connectivity index (χ3v) is 2.61. The largest absolute Gasteiger partial charge is 0.357 e. The number of aryl methyl sites for hydroxylation is 1. The van der Waals surface area contributed by atoms with Gasteiger partial charge in [0.25, 0.3) is 5.56 Å². The molecule has 0 fully saturated rings. The number of aromatic amines is 1. The van der Waals surface area contributed by atoms with Crippen LogP contribution in [0.4, 0.5) is 0 Å². The third-order valence-electron chi connectivity index (χ3n) is 2.61. The van der Waals surface area contributed by atoms with Gasteiger partial charge in [-0.15, -0.1) is 6.58 Å². The summed E-state index contributed by atoms with van der Waals surface area (Å²) in [5, 5.41) is 0.483. The van der Waals surface area contributed by atoms with Gasteiger partial charge in [0.1, 0.15) is 6.73 Å². The minimum atomic E-state index is -0.472. The van der Waals surface area contributed by atoms with Crippen molar-refractivity contribution in [2.24, 2.45) is 0 Å². The molecule has 18 heavy (non-hydrogen) atoms. The van der Waals surface area contributed by atoms with Crippen molar-refractivity contribution < 1.29 is 4.74 Å². The molecule has 0 aliphatic heterocycles. The summed E-state index contributed by atoms with van der Waals surface area (Å²) >= 11 is 0. The van der Waals surface area contributed by atoms with E-state index in [1.54, 1.807) is 18.2 Å². The molecule has 2 aromatic rings. The molecule has 1 heterocycles. The van der Waals surface area contributed by atoms with Crippen LogP contribution in [0.25, 0.3) is 10.9 Å². The summed E-state index contributed by atoms with van der Waals surface area (Å²) in [5.41, 5.74) is 0.683. The van der Waals surface area contributed by atoms with Crippen molar-refractivity contribution in [2.75, 3.05) is 6.61 Å². The molecular formula is C13H14N2O3. The summed E-state index contributed by atoms with van der Waals surface area (Å²) in [4.78, 5) is 25.7. The first-order chi connectivity index (χ1) is 8.63. The maximum Gasteiger partial charge on any atom is 0.330 e. The van der Waals surface area contributed by atoms with E-state index >= 15 is 0 Å². The second-order valence-electron chi connectivity index (χ2n) is 4.00. The highest BCUT2D eigenvalue weighted by Gasteiger charge is 2.07. The van der Waals surface area contributed by atoms with Crippen molar-refractivity contribution in [2.45, 2.75) is 13.7 Å². The predicted octanol–water partition coefficient (Wildman–Crippen LogP) is 1.16. The van der Waals surface area contributed by atoms with Gasteiger partial charge in [0.15, 0.2) is 0 Å². The zero-order valence-corrected chi connectivity index (χ0v) is 10.1. The first-order valence-corrected chi connectivity index (χ1v) is 5.55. The Morgan fingerprint density at radius 1 is 1.44 bits per heavy atom. The van der Waals surface area contributed by atoms with Gasteiger partial charge in [0.05, 0.1) is 17.5 Å². The van der Waals surface area contributed by atoms with E-state index in [9.17, 15) is 9.59 Å². The molecule has 1 aromatic carbocycles. The fraction of sp³-hybridized carbons (Fsp3) is 0.231. The van der Waals surface area contributed by atoms with Crippen molar-refractivity contribution in [3.63, 3.8) is 0 Å². The van der Waals surface area contributed by atoms with E-state index in [-0.39, 0.29) is 12.3 Å². The highest BCUT2D eigenvalue weighted by atomic mass is 16.5. The second kappa shape index (κ2) is 5.01. The number of hydrogen-bond acceptors (Lipinski definition) is 3. The normalized spacial score (nSPS) is 10.7. The molecular weight excluding hydrogens is 232 g/mol. The Labute approximate surface area is 103 Å². The minimum absolute atomic E-state index is 0.0845. The molecule has 0 aliphatic carbocycles. The van der Waals surface area contributed by atoms with E-state index in [1.807, 2.05) is 13.0 Å². The monoisotopic (exact) mass is 246 g/mol. The van der Waals surface area contributed by atoms with Crippen LogP contribution in [0.15, 0.2) is 40.4 Å². The average Bonchev–Trinajstić information content (AvgIpc) is 2.34. The standard InChI is InChI=1S/C13H14N2O3/c1-3-6-18-8-15-11-5-4-9(2)7-10(11)12(16)14-13(15)17/h3-5,7H,1,6,8H2,2H3,(H,14,16,17). The van der Waals surface area contributed by atoms with Crippen LogP contribution in [0.2, 0.25) is 0 Å². The molecule has 94 valence electrons. The third kappa shape index (κ3) is 2.26. The number of benzene rings is 1. The molecule has 0 saturated carbocycles. The lowest BCUT2D eigenvalue weighted by atomic mass is 10.2. The highest BCUT2D eigenvalue weighted by Crippen LogP contribution is 2.10. The van der Waals surface area contributed by atoms with Crippen molar-refractivity contribution in [3.8, 4) is 0 Å². The number of H-pyrrole nitrogens is 1. The van der Waals surface area contributed by atoms with Gasteiger partial charge in [0, 0.05) is 0 Å². The summed E-state index contributed by atoms with van der Waals surface area (Å²) in [6, 6.07) is 5.35. The van der Waals surface area contributed by atoms with Crippen LogP contribution < -0.4 is 11.2 Å². The molecule has 1 aromatic heterocycles. The van der Waals surface area contributed by atoms with E-state index < -0.39 is 5.69 Å². The van der Waals surface area contributed by atoms with E-state index in [2.05, 4.69) is 11.6 Å². The Balaban J connectivity index is 2.61. The Morgan fingerprint density at radius 2 is 2.22 bits per heavy atom. The molecule has 0 saturated heterocycles. The summed E-state index contributed by atoms with van der Waals surface area (Å²) in [7, 11) is 0. The van der Waals surface area contributed by atoms with E-state index in [0.717, 1.165) is 5.56 Å². The lowest BCUT2D eigenvalue weighted by molar-refractivity contribution is 0.1000. The van der Waals surface area contributed by atoms with Crippen molar-refractivity contribution in [3.05, 3.63) is 57.3 Å². The molecule has 0 spiro atoms. The van der Waals surface area contributed by atoms with Crippen molar-refractivity contribution >= 4 is 10.9 Å². The number of nitrogens with zero attached hydrogens (tertiary/aromatic N) is 1. The van der Waals surface area contributed by atoms with Gasteiger partial charge in [0.2, 0.25) is 0 Å². The van der Waals surface area contributed by atoms with Crippen LogP contribution in [-0.4, -0.2) is 16.2 Å². The van der Waals surface area contributed by atoms with Crippen LogP contribution in [0.3, 0.4) is 0 Å². The highest BCUT2D eigenvalue weighted by molar-refractivity contribution is 5.78. The fourth-order valence-electron chi connectivity index (χ4n) is 1.76. The van der Waals surface area contributed by atoms with E-state index in [0.29, 0.717) is 17.5 Å². The zero-order valence-electron chi connectivity index (χ0n) is 10.1. The van der Waals surface area contributed by atoms with Gasteiger partial charge in [-0.3, -0.25) is 14.3 Å². The lowest BCUT2D eigenvalue weighted by Crippen LogP contribution is -2.31. The first kappa shape index (κ1) is 12.3. The first-order valence-electron chi connectivity index (χ1n) is 5.55. The van der Waals surface area contributed by atoms with Crippen LogP contribution in [0.5, 0.6) is 0 Å². The average molecular weight is 246 g/mol. The molecule has 0 amide bonds. The molecule has 2 rings (SSSR count). The topological polar surface area (TPSA) is 64.1 Å². The number of ether oxygens (including phenoxy) is 1. The van der Waals surface area contributed by atoms with Crippen molar-refractivity contribution in [1.29, 1.82) is 0 Å². The van der Waals surface area contributed by atoms with Gasteiger partial charge in [-0.25, -0.2) is 4.79 Å². The molecule has 0 unspecified atom stereocenters. The predicted molar refractivity (Wildman–Crippen MR) is 69.7 cm³/mol. The van der Waals surface area contributed by atoms with Gasteiger partial charge < -0.3 is 4.74 Å². The zero-order chi connectivity index (χ0) is 13.1. The quantitative estimate of drug-likeness (QED) is 0.650. The van der Waals surface area contributed by atoms with Gasteiger partial charge in [-0.05, 0) is 19.1 Å². The number of rotatable bonds is 4. The summed E-state index contributed by atoms with van der Waals surface area (Å²) in [5.74, 6) is 0. The van der Waals surface area contributed by atoms with Crippen LogP contribution >= 0.6 is 0 Å². The summed E-state index contributed by atoms with van der Waals surface area (Å²) in [6.45, 7) is 5.85.